The molecule has 2 rings (SSSR count). The van der Waals surface area contributed by atoms with E-state index in [4.69, 9.17) is 22.4 Å². The molecule has 0 bridgehead atoms. The number of ether oxygens (including phenoxy) is 3. The van der Waals surface area contributed by atoms with Gasteiger partial charge in [0.1, 0.15) is 53.5 Å². The van der Waals surface area contributed by atoms with Crippen molar-refractivity contribution in [3.63, 3.8) is 0 Å². The summed E-state index contributed by atoms with van der Waals surface area (Å²) in [4.78, 5) is 0. The fourth-order valence-electron chi connectivity index (χ4n) is 2.51. The van der Waals surface area contributed by atoms with Gasteiger partial charge in [-0.3, -0.25) is 0 Å². The van der Waals surface area contributed by atoms with Crippen LogP contribution >= 0.6 is 23.0 Å². The van der Waals surface area contributed by atoms with Gasteiger partial charge in [-0.05, 0) is 0 Å². The molecule has 10 heteroatoms. The Kier molecular flexibility index (Phi) is 7.20. The van der Waals surface area contributed by atoms with Gasteiger partial charge in [0.15, 0.2) is 6.29 Å². The van der Waals surface area contributed by atoms with E-state index in [-0.39, 0.29) is 12.7 Å². The van der Waals surface area contributed by atoms with Gasteiger partial charge in [-0.15, -0.1) is 0 Å². The summed E-state index contributed by atoms with van der Waals surface area (Å²) in [5.74, 6) is 0. The smallest absolute Gasteiger partial charge is 0.187 e. The molecule has 2 aliphatic heterocycles. The Bertz CT molecular complexity index is 345. The number of aliphatic hydroxyl groups excluding tert-OH is 5. The second-order valence-electron chi connectivity index (χ2n) is 5.41. The maximum Gasteiger partial charge on any atom is 0.187 e. The van der Waals surface area contributed by atoms with Crippen LogP contribution in [-0.4, -0.2) is 94.4 Å². The van der Waals surface area contributed by atoms with E-state index >= 15 is 0 Å². The predicted octanol–water partition coefficient (Wildman–Crippen LogP) is -2.31. The summed E-state index contributed by atoms with van der Waals surface area (Å²) in [5.41, 5.74) is 0. The van der Waals surface area contributed by atoms with Crippen LogP contribution in [0.25, 0.3) is 0 Å². The second kappa shape index (κ2) is 8.46. The molecule has 2 fully saturated rings. The first kappa shape index (κ1) is 18.7. The van der Waals surface area contributed by atoms with Crippen LogP contribution in [0, 0.1) is 0 Å². The summed E-state index contributed by atoms with van der Waals surface area (Å²) < 4.78 is 21.1. The Morgan fingerprint density at radius 3 is 2.45 bits per heavy atom. The maximum absolute atomic E-state index is 9.93. The molecule has 0 aromatic heterocycles. The van der Waals surface area contributed by atoms with Crippen LogP contribution in [0.4, 0.5) is 0 Å². The van der Waals surface area contributed by atoms with Gasteiger partial charge in [-0.2, -0.15) is 0 Å². The number of aliphatic hydroxyl groups is 5. The molecule has 130 valence electrons. The molecule has 2 heterocycles. The van der Waals surface area contributed by atoms with Crippen LogP contribution in [0.15, 0.2) is 0 Å². The van der Waals surface area contributed by atoms with E-state index in [0.717, 1.165) is 0 Å². The quantitative estimate of drug-likeness (QED) is 0.301. The van der Waals surface area contributed by atoms with Crippen molar-refractivity contribution in [2.45, 2.75) is 55.4 Å². The molecule has 9 nitrogen and oxygen atoms in total. The van der Waals surface area contributed by atoms with Crippen molar-refractivity contribution in [3.8, 4) is 0 Å². The molecule has 0 aromatic carbocycles. The molecule has 0 aromatic rings. The molecule has 1 unspecified atom stereocenters. The van der Waals surface area contributed by atoms with Gasteiger partial charge in [0, 0.05) is 6.42 Å². The van der Waals surface area contributed by atoms with Crippen LogP contribution in [0.5, 0.6) is 0 Å². The highest BCUT2D eigenvalue weighted by molar-refractivity contribution is 14.1. The minimum absolute atomic E-state index is 0.0484. The van der Waals surface area contributed by atoms with Crippen molar-refractivity contribution in [3.05, 3.63) is 0 Å². The van der Waals surface area contributed by atoms with E-state index in [2.05, 4.69) is 0 Å². The fraction of sp³-hybridized carbons (Fsp3) is 1.00. The Hall–Kier alpha value is 0.370. The zero-order chi connectivity index (χ0) is 16.3. The summed E-state index contributed by atoms with van der Waals surface area (Å²) in [7, 11) is 0. The van der Waals surface area contributed by atoms with E-state index in [1.54, 1.807) is 23.0 Å². The fourth-order valence-corrected chi connectivity index (χ4v) is 2.91. The first-order chi connectivity index (χ1) is 10.5. The summed E-state index contributed by atoms with van der Waals surface area (Å²) in [6.45, 7) is -0.166. The van der Waals surface area contributed by atoms with E-state index in [1.165, 1.54) is 0 Å². The monoisotopic (exact) mass is 436 g/mol. The molecule has 2 saturated heterocycles. The van der Waals surface area contributed by atoms with Crippen LogP contribution in [0.3, 0.4) is 0 Å². The molecule has 0 aliphatic carbocycles. The van der Waals surface area contributed by atoms with Crippen LogP contribution in [0.2, 0.25) is 0 Å². The third-order valence-corrected chi connectivity index (χ3v) is 4.19. The highest BCUT2D eigenvalue weighted by atomic mass is 127. The van der Waals surface area contributed by atoms with E-state index in [9.17, 15) is 20.4 Å². The first-order valence-corrected chi connectivity index (χ1v) is 7.85. The number of hydrogen-bond acceptors (Lipinski definition) is 9. The minimum Gasteiger partial charge on any atom is -0.394 e. The summed E-state index contributed by atoms with van der Waals surface area (Å²) in [5, 5.41) is 48.4. The molecular formula is C12H21IO9. The van der Waals surface area contributed by atoms with Gasteiger partial charge < -0.3 is 42.8 Å². The molecule has 8 atom stereocenters. The Balaban J connectivity index is 1.98. The average molecular weight is 436 g/mol. The molecular weight excluding hydrogens is 415 g/mol. The molecule has 2 aliphatic rings. The summed E-state index contributed by atoms with van der Waals surface area (Å²) >= 11 is 1.74. The number of rotatable bonds is 5. The Labute approximate surface area is 141 Å². The summed E-state index contributed by atoms with van der Waals surface area (Å²) in [6.07, 6.45) is -8.32. The zero-order valence-corrected chi connectivity index (χ0v) is 13.9. The van der Waals surface area contributed by atoms with Gasteiger partial charge in [0.05, 0.1) is 32.0 Å². The van der Waals surface area contributed by atoms with Crippen LogP contribution in [-0.2, 0) is 17.3 Å². The predicted molar refractivity (Wildman–Crippen MR) is 79.0 cm³/mol. The van der Waals surface area contributed by atoms with Crippen molar-refractivity contribution < 1.29 is 42.8 Å². The van der Waals surface area contributed by atoms with Crippen LogP contribution in [0.1, 0.15) is 6.42 Å². The number of halogens is 1. The Morgan fingerprint density at radius 1 is 1.09 bits per heavy atom. The average Bonchev–Trinajstić information content (AvgIpc) is 2.51. The van der Waals surface area contributed by atoms with Gasteiger partial charge in [-0.25, -0.2) is 0 Å². The van der Waals surface area contributed by atoms with Crippen molar-refractivity contribution in [1.82, 2.24) is 0 Å². The van der Waals surface area contributed by atoms with Crippen molar-refractivity contribution in [1.29, 1.82) is 0 Å². The maximum atomic E-state index is 9.93. The topological polar surface area (TPSA) is 138 Å². The van der Waals surface area contributed by atoms with E-state index in [0.29, 0.717) is 13.0 Å². The Morgan fingerprint density at radius 2 is 1.82 bits per heavy atom. The lowest BCUT2D eigenvalue weighted by molar-refractivity contribution is -0.324. The third-order valence-electron chi connectivity index (χ3n) is 3.83. The third kappa shape index (κ3) is 4.26. The molecule has 0 radical (unpaired) electrons. The largest absolute Gasteiger partial charge is 0.394 e. The first-order valence-electron chi connectivity index (χ1n) is 6.97. The molecule has 22 heavy (non-hydrogen) atoms. The van der Waals surface area contributed by atoms with Crippen molar-refractivity contribution in [2.24, 2.45) is 0 Å². The van der Waals surface area contributed by atoms with Crippen LogP contribution < -0.4 is 0 Å². The van der Waals surface area contributed by atoms with Crippen molar-refractivity contribution >= 4 is 23.0 Å². The highest BCUT2D eigenvalue weighted by Gasteiger charge is 2.46. The molecule has 5 N–H and O–H groups in total. The SMILES string of the molecule is OC[C@H]1O[C@H](O[C@H]2C[C@@H](COI)OC[C@H]2O)[C@@H](O)[C@@H](O)C1O. The number of hydrogen-bond donors (Lipinski definition) is 5. The van der Waals surface area contributed by atoms with Gasteiger partial charge in [-0.1, -0.05) is 0 Å². The molecule has 0 saturated carbocycles. The lowest BCUT2D eigenvalue weighted by Gasteiger charge is -2.42. The summed E-state index contributed by atoms with van der Waals surface area (Å²) in [6, 6.07) is 0. The lowest BCUT2D eigenvalue weighted by Crippen LogP contribution is -2.60. The van der Waals surface area contributed by atoms with E-state index in [1.807, 2.05) is 0 Å². The minimum atomic E-state index is -1.51. The second-order valence-corrected chi connectivity index (χ2v) is 6.03. The van der Waals surface area contributed by atoms with Gasteiger partial charge in [0.25, 0.3) is 0 Å². The zero-order valence-electron chi connectivity index (χ0n) is 11.7. The normalized spacial score (nSPS) is 46.6. The molecule has 0 spiro atoms. The lowest BCUT2D eigenvalue weighted by atomic mass is 9.98. The standard InChI is InChI=1S/C12H21IO9/c13-20-3-5-1-7(6(15)4-19-5)21-12-11(18)10(17)9(16)8(2-14)22-12/h5-12,14-18H,1-4H2/t5-,6+,7-,8+,9?,10-,11-,12-/m0/s1. The molecule has 0 amide bonds. The van der Waals surface area contributed by atoms with Gasteiger partial charge >= 0.3 is 0 Å². The van der Waals surface area contributed by atoms with Gasteiger partial charge in [0.2, 0.25) is 0 Å². The van der Waals surface area contributed by atoms with E-state index < -0.39 is 49.5 Å². The highest BCUT2D eigenvalue weighted by Crippen LogP contribution is 2.26. The van der Waals surface area contributed by atoms with Crippen molar-refractivity contribution in [2.75, 3.05) is 19.8 Å².